The Morgan fingerprint density at radius 1 is 1.56 bits per heavy atom. The van der Waals surface area contributed by atoms with Gasteiger partial charge in [0.2, 0.25) is 0 Å². The van der Waals surface area contributed by atoms with Gasteiger partial charge in [0, 0.05) is 18.6 Å². The van der Waals surface area contributed by atoms with Crippen molar-refractivity contribution in [2.24, 2.45) is 0 Å². The first-order valence-corrected chi connectivity index (χ1v) is 6.63. The number of morpholine rings is 1. The van der Waals surface area contributed by atoms with Crippen molar-refractivity contribution in [1.82, 2.24) is 10.6 Å². The number of nitrogens with one attached hydrogen (secondary N) is 2. The van der Waals surface area contributed by atoms with Gasteiger partial charge in [-0.1, -0.05) is 0 Å². The lowest BCUT2D eigenvalue weighted by Crippen LogP contribution is -2.46. The van der Waals surface area contributed by atoms with E-state index in [4.69, 9.17) is 9.47 Å². The molecular weight excluding hydrogens is 232 g/mol. The molecule has 106 valence electrons. The molecule has 5 heteroatoms. The van der Waals surface area contributed by atoms with E-state index in [2.05, 4.69) is 17.6 Å². The second-order valence-electron chi connectivity index (χ2n) is 5.83. The molecule has 5 nitrogen and oxygen atoms in total. The number of esters is 1. The third-order valence-electron chi connectivity index (χ3n) is 2.65. The zero-order valence-electron chi connectivity index (χ0n) is 11.9. The van der Waals surface area contributed by atoms with Crippen LogP contribution < -0.4 is 10.6 Å². The van der Waals surface area contributed by atoms with Crippen molar-refractivity contribution in [3.05, 3.63) is 0 Å². The van der Waals surface area contributed by atoms with Gasteiger partial charge in [0.25, 0.3) is 0 Å². The summed E-state index contributed by atoms with van der Waals surface area (Å²) < 4.78 is 10.6. The number of hydrogen-bond acceptors (Lipinski definition) is 5. The summed E-state index contributed by atoms with van der Waals surface area (Å²) in [5, 5.41) is 6.58. The Labute approximate surface area is 110 Å². The van der Waals surface area contributed by atoms with Crippen molar-refractivity contribution in [1.29, 1.82) is 0 Å². The van der Waals surface area contributed by atoms with Gasteiger partial charge in [-0.05, 0) is 34.1 Å². The summed E-state index contributed by atoms with van der Waals surface area (Å²) in [6.45, 7) is 10.4. The van der Waals surface area contributed by atoms with Crippen LogP contribution in [0.5, 0.6) is 0 Å². The van der Waals surface area contributed by atoms with Crippen LogP contribution in [-0.4, -0.2) is 50.0 Å². The first-order chi connectivity index (χ1) is 8.37. The third kappa shape index (κ3) is 6.93. The molecule has 0 spiro atoms. The maximum atomic E-state index is 11.5. The lowest BCUT2D eigenvalue weighted by atomic mass is 10.1. The van der Waals surface area contributed by atoms with E-state index in [1.54, 1.807) is 0 Å². The monoisotopic (exact) mass is 258 g/mol. The van der Waals surface area contributed by atoms with Gasteiger partial charge in [0.05, 0.1) is 19.8 Å². The van der Waals surface area contributed by atoms with Crippen molar-refractivity contribution in [2.75, 3.05) is 26.3 Å². The lowest BCUT2D eigenvalue weighted by molar-refractivity contribution is -0.153. The minimum atomic E-state index is -0.416. The number of ether oxygens (including phenoxy) is 2. The number of carbonyl (C=O) groups is 1. The van der Waals surface area contributed by atoms with Crippen LogP contribution in [-0.2, 0) is 14.3 Å². The predicted octanol–water partition coefficient (Wildman–Crippen LogP) is 0.685. The maximum Gasteiger partial charge on any atom is 0.320 e. The van der Waals surface area contributed by atoms with Crippen LogP contribution in [0.2, 0.25) is 0 Å². The normalized spacial score (nSPS) is 22.6. The topological polar surface area (TPSA) is 59.6 Å². The Bertz CT molecular complexity index is 257. The molecule has 1 heterocycles. The molecule has 0 aromatic carbocycles. The highest BCUT2D eigenvalue weighted by Gasteiger charge is 2.19. The molecule has 0 aromatic heterocycles. The summed E-state index contributed by atoms with van der Waals surface area (Å²) in [6, 6.07) is 0.636. The molecule has 2 atom stereocenters. The third-order valence-corrected chi connectivity index (χ3v) is 2.65. The summed E-state index contributed by atoms with van der Waals surface area (Å²) in [5.41, 5.74) is -0.416. The minimum absolute atomic E-state index is 0.206. The Hall–Kier alpha value is -0.650. The average molecular weight is 258 g/mol. The Morgan fingerprint density at radius 3 is 2.83 bits per heavy atom. The highest BCUT2D eigenvalue weighted by molar-refractivity contribution is 5.72. The van der Waals surface area contributed by atoms with Crippen LogP contribution in [0, 0.1) is 0 Å². The van der Waals surface area contributed by atoms with Gasteiger partial charge in [-0.15, -0.1) is 0 Å². The highest BCUT2D eigenvalue weighted by atomic mass is 16.6. The van der Waals surface area contributed by atoms with E-state index in [1.807, 2.05) is 20.8 Å². The van der Waals surface area contributed by atoms with Crippen LogP contribution in [0.25, 0.3) is 0 Å². The van der Waals surface area contributed by atoms with Crippen LogP contribution >= 0.6 is 0 Å². The molecule has 1 aliphatic rings. The highest BCUT2D eigenvalue weighted by Crippen LogP contribution is 2.07. The molecule has 0 bridgehead atoms. The molecule has 0 aromatic rings. The van der Waals surface area contributed by atoms with Gasteiger partial charge in [-0.3, -0.25) is 4.79 Å². The first kappa shape index (κ1) is 15.4. The van der Waals surface area contributed by atoms with Gasteiger partial charge in [0.15, 0.2) is 0 Å². The Balaban J connectivity index is 2.16. The summed E-state index contributed by atoms with van der Waals surface area (Å²) in [4.78, 5) is 11.5. The smallest absolute Gasteiger partial charge is 0.320 e. The van der Waals surface area contributed by atoms with E-state index in [0.29, 0.717) is 6.04 Å². The summed E-state index contributed by atoms with van der Waals surface area (Å²) >= 11 is 0. The van der Waals surface area contributed by atoms with E-state index >= 15 is 0 Å². The van der Waals surface area contributed by atoms with Gasteiger partial charge in [-0.25, -0.2) is 0 Å². The molecule has 2 N–H and O–H groups in total. The number of carbonyl (C=O) groups excluding carboxylic acids is 1. The van der Waals surface area contributed by atoms with Crippen molar-refractivity contribution in [3.8, 4) is 0 Å². The zero-order valence-corrected chi connectivity index (χ0v) is 11.9. The SMILES string of the molecule is CC(CC1COCCN1)NCC(=O)OC(C)(C)C. The van der Waals surface area contributed by atoms with Gasteiger partial charge in [-0.2, -0.15) is 0 Å². The number of rotatable bonds is 5. The summed E-state index contributed by atoms with van der Waals surface area (Å²) in [5.74, 6) is -0.206. The van der Waals surface area contributed by atoms with Crippen LogP contribution in [0.15, 0.2) is 0 Å². The van der Waals surface area contributed by atoms with Crippen LogP contribution in [0.1, 0.15) is 34.1 Å². The molecule has 2 unspecified atom stereocenters. The van der Waals surface area contributed by atoms with E-state index < -0.39 is 5.60 Å². The summed E-state index contributed by atoms with van der Waals surface area (Å²) in [6.07, 6.45) is 0.947. The van der Waals surface area contributed by atoms with Crippen molar-refractivity contribution >= 4 is 5.97 Å². The molecule has 0 saturated carbocycles. The molecule has 0 amide bonds. The second kappa shape index (κ2) is 7.07. The molecule has 1 rings (SSSR count). The fourth-order valence-corrected chi connectivity index (χ4v) is 1.92. The fourth-order valence-electron chi connectivity index (χ4n) is 1.92. The van der Waals surface area contributed by atoms with Crippen LogP contribution in [0.4, 0.5) is 0 Å². The molecule has 1 fully saturated rings. The molecule has 1 aliphatic heterocycles. The summed E-state index contributed by atoms with van der Waals surface area (Å²) in [7, 11) is 0. The Morgan fingerprint density at radius 2 is 2.28 bits per heavy atom. The molecule has 0 aliphatic carbocycles. The molecule has 0 radical (unpaired) electrons. The minimum Gasteiger partial charge on any atom is -0.459 e. The van der Waals surface area contributed by atoms with Crippen molar-refractivity contribution in [2.45, 2.75) is 51.8 Å². The number of hydrogen-bond donors (Lipinski definition) is 2. The van der Waals surface area contributed by atoms with E-state index in [-0.39, 0.29) is 18.6 Å². The molecule has 18 heavy (non-hydrogen) atoms. The van der Waals surface area contributed by atoms with Crippen molar-refractivity contribution < 1.29 is 14.3 Å². The van der Waals surface area contributed by atoms with Crippen LogP contribution in [0.3, 0.4) is 0 Å². The standard InChI is InChI=1S/C13H26N2O3/c1-10(7-11-9-17-6-5-14-11)15-8-12(16)18-13(2,3)4/h10-11,14-15H,5-9H2,1-4H3. The quantitative estimate of drug-likeness (QED) is 0.710. The van der Waals surface area contributed by atoms with Crippen molar-refractivity contribution in [3.63, 3.8) is 0 Å². The van der Waals surface area contributed by atoms with Gasteiger partial charge in [0.1, 0.15) is 5.60 Å². The molecule has 1 saturated heterocycles. The first-order valence-electron chi connectivity index (χ1n) is 6.63. The zero-order chi connectivity index (χ0) is 13.6. The fraction of sp³-hybridized carbons (Fsp3) is 0.923. The van der Waals surface area contributed by atoms with Gasteiger partial charge < -0.3 is 20.1 Å². The Kier molecular flexibility index (Phi) is 6.05. The second-order valence-corrected chi connectivity index (χ2v) is 5.83. The van der Waals surface area contributed by atoms with Gasteiger partial charge >= 0.3 is 5.97 Å². The van der Waals surface area contributed by atoms with E-state index in [0.717, 1.165) is 26.2 Å². The largest absolute Gasteiger partial charge is 0.459 e. The average Bonchev–Trinajstić information content (AvgIpc) is 2.25. The lowest BCUT2D eigenvalue weighted by Gasteiger charge is -2.27. The van der Waals surface area contributed by atoms with E-state index in [9.17, 15) is 4.79 Å². The maximum absolute atomic E-state index is 11.5. The predicted molar refractivity (Wildman–Crippen MR) is 70.5 cm³/mol. The molecular formula is C13H26N2O3. The van der Waals surface area contributed by atoms with E-state index in [1.165, 1.54) is 0 Å².